The Balaban J connectivity index is 1.79. The van der Waals surface area contributed by atoms with Gasteiger partial charge in [0, 0.05) is 30.2 Å². The molecular formula is C19H23ClN2O. The summed E-state index contributed by atoms with van der Waals surface area (Å²) >= 11 is 6.10. The molecule has 4 heteroatoms. The average molecular weight is 331 g/mol. The van der Waals surface area contributed by atoms with Crippen LogP contribution in [0, 0.1) is 0 Å². The highest BCUT2D eigenvalue weighted by Crippen LogP contribution is 2.23. The molecule has 0 atom stereocenters. The van der Waals surface area contributed by atoms with Crippen LogP contribution in [0.1, 0.15) is 37.3 Å². The predicted molar refractivity (Wildman–Crippen MR) is 96.9 cm³/mol. The number of halogens is 1. The zero-order valence-electron chi connectivity index (χ0n) is 13.6. The molecule has 2 rings (SSSR count). The molecule has 0 aliphatic carbocycles. The Kier molecular flexibility index (Phi) is 6.63. The first kappa shape index (κ1) is 17.5. The smallest absolute Gasteiger partial charge is 0.225 e. The molecular weight excluding hydrogens is 308 g/mol. The van der Waals surface area contributed by atoms with E-state index in [1.165, 1.54) is 0 Å². The number of anilines is 1. The molecule has 1 amide bonds. The predicted octanol–water partition coefficient (Wildman–Crippen LogP) is 4.58. The molecule has 0 radical (unpaired) electrons. The van der Waals surface area contributed by atoms with E-state index in [0.717, 1.165) is 21.8 Å². The van der Waals surface area contributed by atoms with Gasteiger partial charge in [0.1, 0.15) is 0 Å². The second-order valence-corrected chi connectivity index (χ2v) is 6.22. The lowest BCUT2D eigenvalue weighted by Gasteiger charge is -2.13. The van der Waals surface area contributed by atoms with E-state index >= 15 is 0 Å². The number of nitrogens with one attached hydrogen (secondary N) is 2. The van der Waals surface area contributed by atoms with Gasteiger partial charge in [0.05, 0.1) is 0 Å². The third kappa shape index (κ3) is 5.38. The van der Waals surface area contributed by atoms with Crippen molar-refractivity contribution < 1.29 is 4.79 Å². The van der Waals surface area contributed by atoms with E-state index in [2.05, 4.69) is 30.5 Å². The molecule has 0 aliphatic rings. The molecule has 122 valence electrons. The van der Waals surface area contributed by atoms with Gasteiger partial charge in [-0.05, 0) is 29.2 Å². The van der Waals surface area contributed by atoms with Gasteiger partial charge < -0.3 is 10.6 Å². The van der Waals surface area contributed by atoms with E-state index in [1.807, 2.05) is 42.5 Å². The van der Waals surface area contributed by atoms with Crippen LogP contribution in [0.3, 0.4) is 0 Å². The fourth-order valence-electron chi connectivity index (χ4n) is 2.39. The molecule has 0 aromatic heterocycles. The van der Waals surface area contributed by atoms with E-state index in [4.69, 9.17) is 11.6 Å². The third-order valence-corrected chi connectivity index (χ3v) is 4.03. The summed E-state index contributed by atoms with van der Waals surface area (Å²) in [6.45, 7) is 5.52. The molecule has 0 spiro atoms. The summed E-state index contributed by atoms with van der Waals surface area (Å²) in [5, 5.41) is 6.99. The average Bonchev–Trinajstić information content (AvgIpc) is 2.53. The first-order valence-electron chi connectivity index (χ1n) is 7.91. The maximum absolute atomic E-state index is 12.1. The van der Waals surface area contributed by atoms with Crippen molar-refractivity contribution in [3.8, 4) is 0 Å². The standard InChI is InChI=1S/C19H23ClN2O/c1-14(2)16-8-4-6-10-18(16)22-19(23)11-12-21-13-15-7-3-5-9-17(15)20/h3-10,14,21H,11-13H2,1-2H3,(H,22,23). The highest BCUT2D eigenvalue weighted by atomic mass is 35.5. The van der Waals surface area contributed by atoms with E-state index in [0.29, 0.717) is 25.4 Å². The molecule has 0 aliphatic heterocycles. The van der Waals surface area contributed by atoms with Gasteiger partial charge in [0.2, 0.25) is 5.91 Å². The number of hydrogen-bond acceptors (Lipinski definition) is 2. The van der Waals surface area contributed by atoms with Gasteiger partial charge >= 0.3 is 0 Å². The van der Waals surface area contributed by atoms with E-state index < -0.39 is 0 Å². The van der Waals surface area contributed by atoms with Crippen molar-refractivity contribution in [2.75, 3.05) is 11.9 Å². The lowest BCUT2D eigenvalue weighted by molar-refractivity contribution is -0.116. The van der Waals surface area contributed by atoms with Gasteiger partial charge in [-0.2, -0.15) is 0 Å². The fourth-order valence-corrected chi connectivity index (χ4v) is 2.60. The van der Waals surface area contributed by atoms with Gasteiger partial charge in [-0.3, -0.25) is 4.79 Å². The number of rotatable bonds is 7. The van der Waals surface area contributed by atoms with Crippen molar-refractivity contribution in [1.82, 2.24) is 5.32 Å². The van der Waals surface area contributed by atoms with Gasteiger partial charge in [-0.15, -0.1) is 0 Å². The van der Waals surface area contributed by atoms with Crippen molar-refractivity contribution in [3.05, 3.63) is 64.7 Å². The lowest BCUT2D eigenvalue weighted by atomic mass is 10.0. The first-order chi connectivity index (χ1) is 11.1. The molecule has 0 unspecified atom stereocenters. The Morgan fingerprint density at radius 2 is 1.78 bits per heavy atom. The number of hydrogen-bond donors (Lipinski definition) is 2. The summed E-state index contributed by atoms with van der Waals surface area (Å²) in [6.07, 6.45) is 0.427. The molecule has 0 bridgehead atoms. The third-order valence-electron chi connectivity index (χ3n) is 3.66. The molecule has 0 saturated heterocycles. The molecule has 0 saturated carbocycles. The van der Waals surface area contributed by atoms with Crippen LogP contribution in [0.5, 0.6) is 0 Å². The van der Waals surface area contributed by atoms with Crippen LogP contribution < -0.4 is 10.6 Å². The summed E-state index contributed by atoms with van der Waals surface area (Å²) in [6, 6.07) is 15.7. The van der Waals surface area contributed by atoms with Crippen molar-refractivity contribution in [1.29, 1.82) is 0 Å². The largest absolute Gasteiger partial charge is 0.326 e. The van der Waals surface area contributed by atoms with Crippen LogP contribution in [0.2, 0.25) is 5.02 Å². The molecule has 0 heterocycles. The zero-order chi connectivity index (χ0) is 16.7. The van der Waals surface area contributed by atoms with Crippen LogP contribution in [0.15, 0.2) is 48.5 Å². The molecule has 23 heavy (non-hydrogen) atoms. The van der Waals surface area contributed by atoms with Crippen LogP contribution in [0.4, 0.5) is 5.69 Å². The molecule has 2 aromatic rings. The highest BCUT2D eigenvalue weighted by Gasteiger charge is 2.08. The lowest BCUT2D eigenvalue weighted by Crippen LogP contribution is -2.22. The highest BCUT2D eigenvalue weighted by molar-refractivity contribution is 6.31. The normalized spacial score (nSPS) is 10.8. The number of carbonyl (C=O) groups is 1. The summed E-state index contributed by atoms with van der Waals surface area (Å²) in [5.74, 6) is 0.398. The summed E-state index contributed by atoms with van der Waals surface area (Å²) in [4.78, 5) is 12.1. The van der Waals surface area contributed by atoms with Crippen molar-refractivity contribution in [3.63, 3.8) is 0 Å². The Morgan fingerprint density at radius 1 is 1.09 bits per heavy atom. The van der Waals surface area contributed by atoms with Crippen LogP contribution in [0.25, 0.3) is 0 Å². The Bertz CT molecular complexity index is 655. The minimum atomic E-state index is 0.0183. The second-order valence-electron chi connectivity index (χ2n) is 5.81. The van der Waals surface area contributed by atoms with Gasteiger partial charge in [0.25, 0.3) is 0 Å². The minimum Gasteiger partial charge on any atom is -0.326 e. The van der Waals surface area contributed by atoms with Crippen molar-refractivity contribution in [2.45, 2.75) is 32.7 Å². The van der Waals surface area contributed by atoms with E-state index in [-0.39, 0.29) is 5.91 Å². The minimum absolute atomic E-state index is 0.0183. The molecule has 2 aromatic carbocycles. The quantitative estimate of drug-likeness (QED) is 0.729. The van der Waals surface area contributed by atoms with Gasteiger partial charge in [0.15, 0.2) is 0 Å². The van der Waals surface area contributed by atoms with Crippen molar-refractivity contribution in [2.24, 2.45) is 0 Å². The molecule has 3 nitrogen and oxygen atoms in total. The van der Waals surface area contributed by atoms with Crippen LogP contribution >= 0.6 is 11.6 Å². The molecule has 0 fully saturated rings. The first-order valence-corrected chi connectivity index (χ1v) is 8.28. The van der Waals surface area contributed by atoms with Crippen LogP contribution in [-0.2, 0) is 11.3 Å². The zero-order valence-corrected chi connectivity index (χ0v) is 14.4. The Hall–Kier alpha value is -1.84. The Labute approximate surface area is 143 Å². The summed E-state index contributed by atoms with van der Waals surface area (Å²) < 4.78 is 0. The topological polar surface area (TPSA) is 41.1 Å². The fraction of sp³-hybridized carbons (Fsp3) is 0.316. The van der Waals surface area contributed by atoms with E-state index in [1.54, 1.807) is 0 Å². The van der Waals surface area contributed by atoms with Gasteiger partial charge in [-0.25, -0.2) is 0 Å². The monoisotopic (exact) mass is 330 g/mol. The number of carbonyl (C=O) groups excluding carboxylic acids is 1. The maximum atomic E-state index is 12.1. The Morgan fingerprint density at radius 3 is 2.52 bits per heavy atom. The number of benzene rings is 2. The second kappa shape index (κ2) is 8.70. The number of amides is 1. The van der Waals surface area contributed by atoms with Gasteiger partial charge in [-0.1, -0.05) is 61.8 Å². The van der Waals surface area contributed by atoms with Crippen LogP contribution in [-0.4, -0.2) is 12.5 Å². The maximum Gasteiger partial charge on any atom is 0.225 e. The summed E-state index contributed by atoms with van der Waals surface area (Å²) in [7, 11) is 0. The number of para-hydroxylation sites is 1. The molecule has 2 N–H and O–H groups in total. The SMILES string of the molecule is CC(C)c1ccccc1NC(=O)CCNCc1ccccc1Cl. The summed E-state index contributed by atoms with van der Waals surface area (Å²) in [5.41, 5.74) is 3.10. The van der Waals surface area contributed by atoms with E-state index in [9.17, 15) is 4.79 Å². The van der Waals surface area contributed by atoms with Crippen molar-refractivity contribution >= 4 is 23.2 Å².